The Morgan fingerprint density at radius 2 is 2.00 bits per heavy atom. The number of nitrogens with one attached hydrogen (secondary N) is 1. The Hall–Kier alpha value is -0.900. The first-order valence-electron chi connectivity index (χ1n) is 7.87. The van der Waals surface area contributed by atoms with Crippen molar-refractivity contribution in [3.63, 3.8) is 0 Å². The average Bonchev–Trinajstić information content (AvgIpc) is 2.81. The van der Waals surface area contributed by atoms with Crippen LogP contribution in [0.3, 0.4) is 0 Å². The highest BCUT2D eigenvalue weighted by Gasteiger charge is 2.32. The number of unbranched alkanes of at least 4 members (excludes halogenated alkanes) is 1. The number of likely N-dealkylation sites (N-methyl/N-ethyl adjacent to an activating group) is 1. The second kappa shape index (κ2) is 8.40. The summed E-state index contributed by atoms with van der Waals surface area (Å²) >= 11 is 0. The van der Waals surface area contributed by atoms with Crippen LogP contribution in [0.25, 0.3) is 0 Å². The molecule has 0 saturated heterocycles. The minimum atomic E-state index is 0.238. The standard InChI is InChI=1S/C17H27NO2/c1-3-5-10-19-11-12-20-16-13-14-8-6-7-9-15(14)17(16)18-4-2/h6-9,16-18H,3-5,10-13H2,1-2H3. The Kier molecular flexibility index (Phi) is 6.51. The topological polar surface area (TPSA) is 30.5 Å². The Labute approximate surface area is 122 Å². The van der Waals surface area contributed by atoms with Gasteiger partial charge in [0, 0.05) is 13.0 Å². The highest BCUT2D eigenvalue weighted by Crippen LogP contribution is 2.33. The van der Waals surface area contributed by atoms with Crippen molar-refractivity contribution in [1.82, 2.24) is 5.32 Å². The molecule has 2 rings (SSSR count). The summed E-state index contributed by atoms with van der Waals surface area (Å²) in [5.74, 6) is 0. The monoisotopic (exact) mass is 277 g/mol. The lowest BCUT2D eigenvalue weighted by molar-refractivity contribution is -0.00641. The lowest BCUT2D eigenvalue weighted by Crippen LogP contribution is -2.31. The van der Waals surface area contributed by atoms with E-state index < -0.39 is 0 Å². The summed E-state index contributed by atoms with van der Waals surface area (Å²) in [6.45, 7) is 7.52. The van der Waals surface area contributed by atoms with Crippen molar-refractivity contribution in [2.75, 3.05) is 26.4 Å². The van der Waals surface area contributed by atoms with Crippen LogP contribution in [-0.2, 0) is 15.9 Å². The normalized spacial score (nSPS) is 21.1. The van der Waals surface area contributed by atoms with Crippen LogP contribution >= 0.6 is 0 Å². The minimum Gasteiger partial charge on any atom is -0.379 e. The third-order valence-corrected chi connectivity index (χ3v) is 3.81. The smallest absolute Gasteiger partial charge is 0.0811 e. The SMILES string of the molecule is CCCCOCCOC1Cc2ccccc2C1NCC. The Morgan fingerprint density at radius 1 is 1.15 bits per heavy atom. The Morgan fingerprint density at radius 3 is 2.80 bits per heavy atom. The predicted octanol–water partition coefficient (Wildman–Crippen LogP) is 3.10. The Bertz CT molecular complexity index is 394. The fraction of sp³-hybridized carbons (Fsp3) is 0.647. The second-order valence-corrected chi connectivity index (χ2v) is 5.31. The largest absolute Gasteiger partial charge is 0.379 e. The summed E-state index contributed by atoms with van der Waals surface area (Å²) in [4.78, 5) is 0. The first-order valence-corrected chi connectivity index (χ1v) is 7.87. The molecule has 0 amide bonds. The maximum atomic E-state index is 6.04. The van der Waals surface area contributed by atoms with Crippen LogP contribution in [0.1, 0.15) is 43.9 Å². The van der Waals surface area contributed by atoms with Crippen molar-refractivity contribution in [3.05, 3.63) is 35.4 Å². The average molecular weight is 277 g/mol. The second-order valence-electron chi connectivity index (χ2n) is 5.31. The van der Waals surface area contributed by atoms with Crippen LogP contribution in [0.2, 0.25) is 0 Å². The molecule has 0 radical (unpaired) electrons. The number of hydrogen-bond donors (Lipinski definition) is 1. The van der Waals surface area contributed by atoms with E-state index in [0.717, 1.165) is 26.0 Å². The zero-order valence-electron chi connectivity index (χ0n) is 12.7. The van der Waals surface area contributed by atoms with Crippen LogP contribution in [0, 0.1) is 0 Å². The zero-order chi connectivity index (χ0) is 14.2. The molecule has 1 aliphatic rings. The van der Waals surface area contributed by atoms with E-state index in [1.807, 2.05) is 0 Å². The number of benzene rings is 1. The maximum Gasteiger partial charge on any atom is 0.0811 e. The zero-order valence-corrected chi connectivity index (χ0v) is 12.7. The van der Waals surface area contributed by atoms with E-state index in [2.05, 4.69) is 43.4 Å². The van der Waals surface area contributed by atoms with Crippen molar-refractivity contribution in [2.45, 2.75) is 45.3 Å². The molecule has 1 aromatic carbocycles. The van der Waals surface area contributed by atoms with Gasteiger partial charge < -0.3 is 14.8 Å². The van der Waals surface area contributed by atoms with E-state index in [9.17, 15) is 0 Å². The van der Waals surface area contributed by atoms with Gasteiger partial charge in [0.1, 0.15) is 0 Å². The molecule has 0 heterocycles. The summed E-state index contributed by atoms with van der Waals surface area (Å²) < 4.78 is 11.6. The predicted molar refractivity (Wildman–Crippen MR) is 82.0 cm³/mol. The van der Waals surface area contributed by atoms with Crippen LogP contribution in [0.15, 0.2) is 24.3 Å². The summed E-state index contributed by atoms with van der Waals surface area (Å²) in [5.41, 5.74) is 2.81. The van der Waals surface area contributed by atoms with E-state index in [0.29, 0.717) is 19.3 Å². The van der Waals surface area contributed by atoms with Gasteiger partial charge in [-0.3, -0.25) is 0 Å². The van der Waals surface area contributed by atoms with E-state index >= 15 is 0 Å². The van der Waals surface area contributed by atoms with Gasteiger partial charge in [0.25, 0.3) is 0 Å². The van der Waals surface area contributed by atoms with Gasteiger partial charge in [-0.15, -0.1) is 0 Å². The van der Waals surface area contributed by atoms with Gasteiger partial charge in [-0.2, -0.15) is 0 Å². The van der Waals surface area contributed by atoms with E-state index in [1.165, 1.54) is 17.5 Å². The van der Waals surface area contributed by atoms with Gasteiger partial charge in [0.15, 0.2) is 0 Å². The molecule has 3 heteroatoms. The van der Waals surface area contributed by atoms with Crippen molar-refractivity contribution in [2.24, 2.45) is 0 Å². The molecule has 1 N–H and O–H groups in total. The van der Waals surface area contributed by atoms with E-state index in [4.69, 9.17) is 9.47 Å². The molecule has 0 bridgehead atoms. The fourth-order valence-electron chi connectivity index (χ4n) is 2.78. The number of fused-ring (bicyclic) bond motifs is 1. The molecule has 2 unspecified atom stereocenters. The molecule has 3 nitrogen and oxygen atoms in total. The summed E-state index contributed by atoms with van der Waals surface area (Å²) in [6.07, 6.45) is 3.56. The Balaban J connectivity index is 1.80. The van der Waals surface area contributed by atoms with Crippen molar-refractivity contribution >= 4 is 0 Å². The number of ether oxygens (including phenoxy) is 2. The summed E-state index contributed by atoms with van der Waals surface area (Å²) in [5, 5.41) is 3.55. The molecule has 0 aliphatic heterocycles. The van der Waals surface area contributed by atoms with Gasteiger partial charge in [-0.25, -0.2) is 0 Å². The van der Waals surface area contributed by atoms with Crippen LogP contribution in [-0.4, -0.2) is 32.5 Å². The first-order chi connectivity index (χ1) is 9.86. The lowest BCUT2D eigenvalue weighted by Gasteiger charge is -2.21. The van der Waals surface area contributed by atoms with Gasteiger partial charge in [-0.05, 0) is 24.1 Å². The van der Waals surface area contributed by atoms with E-state index in [-0.39, 0.29) is 6.10 Å². The van der Waals surface area contributed by atoms with E-state index in [1.54, 1.807) is 0 Å². The minimum absolute atomic E-state index is 0.238. The van der Waals surface area contributed by atoms with Crippen LogP contribution < -0.4 is 5.32 Å². The highest BCUT2D eigenvalue weighted by molar-refractivity contribution is 5.36. The molecule has 1 aliphatic carbocycles. The van der Waals surface area contributed by atoms with Gasteiger partial charge in [0.2, 0.25) is 0 Å². The van der Waals surface area contributed by atoms with Gasteiger partial charge in [-0.1, -0.05) is 44.5 Å². The summed E-state index contributed by atoms with van der Waals surface area (Å²) in [7, 11) is 0. The molecular formula is C17H27NO2. The molecule has 20 heavy (non-hydrogen) atoms. The molecule has 112 valence electrons. The van der Waals surface area contributed by atoms with Crippen molar-refractivity contribution < 1.29 is 9.47 Å². The summed E-state index contributed by atoms with van der Waals surface area (Å²) in [6, 6.07) is 8.97. The quantitative estimate of drug-likeness (QED) is 0.704. The van der Waals surface area contributed by atoms with Crippen LogP contribution in [0.5, 0.6) is 0 Å². The lowest BCUT2D eigenvalue weighted by atomic mass is 10.1. The molecule has 1 aromatic rings. The third kappa shape index (κ3) is 4.05. The van der Waals surface area contributed by atoms with Crippen molar-refractivity contribution in [1.29, 1.82) is 0 Å². The first kappa shape index (κ1) is 15.5. The number of rotatable bonds is 9. The molecule has 0 aromatic heterocycles. The molecule has 0 saturated carbocycles. The molecule has 0 fully saturated rings. The maximum absolute atomic E-state index is 6.04. The highest BCUT2D eigenvalue weighted by atomic mass is 16.5. The molecule has 2 atom stereocenters. The van der Waals surface area contributed by atoms with Crippen molar-refractivity contribution in [3.8, 4) is 0 Å². The number of hydrogen-bond acceptors (Lipinski definition) is 3. The molecule has 0 spiro atoms. The van der Waals surface area contributed by atoms with Crippen LogP contribution in [0.4, 0.5) is 0 Å². The fourth-order valence-corrected chi connectivity index (χ4v) is 2.78. The van der Waals surface area contributed by atoms with Gasteiger partial charge in [0.05, 0.1) is 25.4 Å². The molecular weight excluding hydrogens is 250 g/mol. The van der Waals surface area contributed by atoms with Gasteiger partial charge >= 0.3 is 0 Å². The third-order valence-electron chi connectivity index (χ3n) is 3.81.